The molecule has 2 saturated heterocycles. The van der Waals surface area contributed by atoms with Crippen LogP contribution in [0.2, 0.25) is 0 Å². The maximum Gasteiger partial charge on any atom is 0.274 e. The first-order valence-corrected chi connectivity index (χ1v) is 16.9. The summed E-state index contributed by atoms with van der Waals surface area (Å²) in [6.45, 7) is 5.28. The highest BCUT2D eigenvalue weighted by Gasteiger charge is 2.32. The lowest BCUT2D eigenvalue weighted by molar-refractivity contribution is 0.0631. The van der Waals surface area contributed by atoms with Crippen LogP contribution in [0, 0.1) is 5.82 Å². The molecule has 11 heteroatoms. The van der Waals surface area contributed by atoms with Gasteiger partial charge in [0.05, 0.1) is 36.5 Å². The van der Waals surface area contributed by atoms with E-state index in [4.69, 9.17) is 14.5 Å². The Morgan fingerprint density at radius 2 is 1.77 bits per heavy atom. The number of halogens is 1. The molecule has 0 bridgehead atoms. The van der Waals surface area contributed by atoms with Gasteiger partial charge in [-0.25, -0.2) is 9.37 Å². The first-order chi connectivity index (χ1) is 23.5. The quantitative estimate of drug-likeness (QED) is 0.189. The van der Waals surface area contributed by atoms with E-state index in [-0.39, 0.29) is 23.7 Å². The van der Waals surface area contributed by atoms with Crippen LogP contribution >= 0.6 is 0 Å². The summed E-state index contributed by atoms with van der Waals surface area (Å²) in [5.74, 6) is 1.42. The molecule has 0 spiro atoms. The molecule has 2 aromatic heterocycles. The molecule has 48 heavy (non-hydrogen) atoms. The summed E-state index contributed by atoms with van der Waals surface area (Å²) < 4.78 is 27.1. The Balaban J connectivity index is 0.854. The number of piperazine rings is 1. The fourth-order valence-electron chi connectivity index (χ4n) is 6.92. The van der Waals surface area contributed by atoms with Crippen LogP contribution in [0.1, 0.15) is 59.4 Å². The van der Waals surface area contributed by atoms with Crippen LogP contribution in [-0.4, -0.2) is 101 Å². The number of pyridine rings is 1. The summed E-state index contributed by atoms with van der Waals surface area (Å²) in [6.07, 6.45) is 9.85. The Morgan fingerprint density at radius 1 is 0.958 bits per heavy atom. The van der Waals surface area contributed by atoms with E-state index in [1.165, 1.54) is 12.1 Å². The van der Waals surface area contributed by atoms with Gasteiger partial charge in [-0.1, -0.05) is 18.9 Å². The van der Waals surface area contributed by atoms with Crippen molar-refractivity contribution in [1.82, 2.24) is 24.1 Å². The first-order valence-electron chi connectivity index (χ1n) is 16.9. The summed E-state index contributed by atoms with van der Waals surface area (Å²) >= 11 is 0. The SMILES string of the molecule is COc1cc2c(cc1OCCCCCCN1CCN(C(=O)c3nc(-c4ccc(F)cc4)n4ccccc34)CC1)N=C[C@@H]1CCCN1C2=O. The lowest BCUT2D eigenvalue weighted by Gasteiger charge is -2.34. The van der Waals surface area contributed by atoms with Crippen molar-refractivity contribution in [1.29, 1.82) is 0 Å². The molecule has 250 valence electrons. The molecule has 10 nitrogen and oxygen atoms in total. The molecular formula is C37H41FN6O4. The van der Waals surface area contributed by atoms with E-state index < -0.39 is 0 Å². The van der Waals surface area contributed by atoms with Crippen molar-refractivity contribution in [2.45, 2.75) is 44.6 Å². The molecule has 2 amide bonds. The average molecular weight is 653 g/mol. The summed E-state index contributed by atoms with van der Waals surface area (Å²) in [6, 6.07) is 15.6. The van der Waals surface area contributed by atoms with Gasteiger partial charge in [0.1, 0.15) is 11.6 Å². The number of carbonyl (C=O) groups excluding carboxylic acids is 2. The second-order valence-corrected chi connectivity index (χ2v) is 12.6. The molecule has 3 aliphatic rings. The second kappa shape index (κ2) is 14.1. The number of rotatable bonds is 11. The summed E-state index contributed by atoms with van der Waals surface area (Å²) in [5, 5.41) is 0. The predicted molar refractivity (Wildman–Crippen MR) is 182 cm³/mol. The van der Waals surface area contributed by atoms with E-state index in [1.54, 1.807) is 25.3 Å². The van der Waals surface area contributed by atoms with E-state index in [0.717, 1.165) is 75.8 Å². The van der Waals surface area contributed by atoms with Crippen LogP contribution in [0.4, 0.5) is 10.1 Å². The zero-order chi connectivity index (χ0) is 33.0. The minimum Gasteiger partial charge on any atom is -0.493 e. The molecular weight excluding hydrogens is 611 g/mol. The minimum absolute atomic E-state index is 0.00621. The van der Waals surface area contributed by atoms with E-state index in [2.05, 4.69) is 9.89 Å². The van der Waals surface area contributed by atoms with Gasteiger partial charge in [0.25, 0.3) is 11.8 Å². The summed E-state index contributed by atoms with van der Waals surface area (Å²) in [5.41, 5.74) is 3.14. The number of aromatic nitrogens is 2. The lowest BCUT2D eigenvalue weighted by Crippen LogP contribution is -2.49. The van der Waals surface area contributed by atoms with Crippen LogP contribution in [0.5, 0.6) is 11.5 Å². The third-order valence-corrected chi connectivity index (χ3v) is 9.60. The van der Waals surface area contributed by atoms with Crippen molar-refractivity contribution >= 4 is 29.2 Å². The molecule has 0 radical (unpaired) electrons. The van der Waals surface area contributed by atoms with Crippen molar-refractivity contribution in [3.63, 3.8) is 0 Å². The molecule has 2 fully saturated rings. The number of hydrogen-bond acceptors (Lipinski definition) is 7. The van der Waals surface area contributed by atoms with Gasteiger partial charge in [0.2, 0.25) is 0 Å². The van der Waals surface area contributed by atoms with Crippen LogP contribution < -0.4 is 9.47 Å². The van der Waals surface area contributed by atoms with Gasteiger partial charge < -0.3 is 19.3 Å². The van der Waals surface area contributed by atoms with Crippen molar-refractivity contribution in [2.24, 2.45) is 4.99 Å². The molecule has 2 aromatic carbocycles. The monoisotopic (exact) mass is 652 g/mol. The number of fused-ring (bicyclic) bond motifs is 3. The fraction of sp³-hybridized carbons (Fsp3) is 0.405. The number of benzene rings is 2. The summed E-state index contributed by atoms with van der Waals surface area (Å²) in [4.78, 5) is 42.2. The Labute approximate surface area is 279 Å². The number of ether oxygens (including phenoxy) is 2. The molecule has 0 aliphatic carbocycles. The number of amides is 2. The number of carbonyl (C=O) groups is 2. The lowest BCUT2D eigenvalue weighted by atomic mass is 10.1. The molecule has 0 N–H and O–H groups in total. The zero-order valence-corrected chi connectivity index (χ0v) is 27.3. The molecule has 0 saturated carbocycles. The highest BCUT2D eigenvalue weighted by atomic mass is 19.1. The Hall–Kier alpha value is -4.77. The van der Waals surface area contributed by atoms with E-state index in [0.29, 0.717) is 54.0 Å². The van der Waals surface area contributed by atoms with Crippen molar-refractivity contribution in [2.75, 3.05) is 53.0 Å². The van der Waals surface area contributed by atoms with Gasteiger partial charge in [-0.15, -0.1) is 0 Å². The van der Waals surface area contributed by atoms with Crippen molar-refractivity contribution in [3.8, 4) is 22.9 Å². The third kappa shape index (κ3) is 6.51. The molecule has 7 rings (SSSR count). The number of imidazole rings is 1. The number of hydrogen-bond donors (Lipinski definition) is 0. The van der Waals surface area contributed by atoms with Gasteiger partial charge in [0, 0.05) is 56.8 Å². The van der Waals surface area contributed by atoms with Crippen molar-refractivity contribution in [3.05, 3.63) is 77.9 Å². The molecule has 4 aromatic rings. The first kappa shape index (κ1) is 31.8. The number of unbranched alkanes of at least 4 members (excludes halogenated alkanes) is 3. The third-order valence-electron chi connectivity index (χ3n) is 9.60. The summed E-state index contributed by atoms with van der Waals surface area (Å²) in [7, 11) is 1.60. The number of nitrogens with zero attached hydrogens (tertiary/aromatic N) is 6. The van der Waals surface area contributed by atoms with Crippen LogP contribution in [-0.2, 0) is 0 Å². The average Bonchev–Trinajstić information content (AvgIpc) is 3.73. The van der Waals surface area contributed by atoms with E-state index in [9.17, 15) is 14.0 Å². The fourth-order valence-corrected chi connectivity index (χ4v) is 6.92. The predicted octanol–water partition coefficient (Wildman–Crippen LogP) is 5.87. The van der Waals surface area contributed by atoms with Gasteiger partial charge >= 0.3 is 0 Å². The normalized spacial score (nSPS) is 17.8. The highest BCUT2D eigenvalue weighted by Crippen LogP contribution is 2.38. The second-order valence-electron chi connectivity index (χ2n) is 12.6. The standard InChI is InChI=1S/C37H41FN6O4/c1-47-32-23-29-30(39-25-28-9-8-17-43(28)36(29)45)24-33(32)48-22-7-3-2-5-15-41-18-20-42(21-19-41)37(46)34-31-10-4-6-16-44(31)35(40-34)26-11-13-27(38)14-12-26/h4,6,10-14,16,23-25,28H,2-3,5,7-9,15,17-22H2,1H3/t28-/m0/s1. The molecule has 0 unspecified atom stereocenters. The zero-order valence-electron chi connectivity index (χ0n) is 27.3. The molecule has 1 atom stereocenters. The Morgan fingerprint density at radius 3 is 2.58 bits per heavy atom. The Kier molecular flexibility index (Phi) is 9.38. The molecule has 5 heterocycles. The smallest absolute Gasteiger partial charge is 0.274 e. The number of aliphatic imine (C=N–C) groups is 1. The van der Waals surface area contributed by atoms with Gasteiger partial charge in [-0.3, -0.25) is 23.9 Å². The van der Waals surface area contributed by atoms with Gasteiger partial charge in [0.15, 0.2) is 17.2 Å². The topological polar surface area (TPSA) is 92.0 Å². The largest absolute Gasteiger partial charge is 0.493 e. The molecule has 3 aliphatic heterocycles. The minimum atomic E-state index is -0.309. The maximum absolute atomic E-state index is 13.6. The van der Waals surface area contributed by atoms with Gasteiger partial charge in [-0.2, -0.15) is 0 Å². The van der Waals surface area contributed by atoms with Crippen molar-refractivity contribution < 1.29 is 23.5 Å². The Bertz CT molecular complexity index is 1810. The maximum atomic E-state index is 13.6. The number of methoxy groups -OCH3 is 1. The van der Waals surface area contributed by atoms with Crippen LogP contribution in [0.15, 0.2) is 65.8 Å². The van der Waals surface area contributed by atoms with E-state index in [1.807, 2.05) is 50.9 Å². The van der Waals surface area contributed by atoms with Crippen LogP contribution in [0.3, 0.4) is 0 Å². The highest BCUT2D eigenvalue weighted by molar-refractivity contribution is 6.03. The van der Waals surface area contributed by atoms with E-state index >= 15 is 0 Å². The van der Waals surface area contributed by atoms with Gasteiger partial charge in [-0.05, 0) is 74.7 Å². The van der Waals surface area contributed by atoms with Crippen LogP contribution in [0.25, 0.3) is 16.9 Å².